The molecule has 1 amide bonds. The summed E-state index contributed by atoms with van der Waals surface area (Å²) in [5, 5.41) is 0.425. The first-order valence-electron chi connectivity index (χ1n) is 7.97. The number of rotatable bonds is 5. The predicted molar refractivity (Wildman–Crippen MR) is 92.2 cm³/mol. The highest BCUT2D eigenvalue weighted by atomic mass is 35.5. The predicted octanol–water partition coefficient (Wildman–Crippen LogP) is 2.62. The lowest BCUT2D eigenvalue weighted by atomic mass is 10.2. The van der Waals surface area contributed by atoms with E-state index in [0.29, 0.717) is 49.6 Å². The maximum atomic E-state index is 12.6. The van der Waals surface area contributed by atoms with E-state index in [1.54, 1.807) is 29.2 Å². The monoisotopic (exact) mass is 358 g/mol. The van der Waals surface area contributed by atoms with Crippen LogP contribution in [0.15, 0.2) is 24.3 Å². The maximum absolute atomic E-state index is 12.6. The molecule has 0 unspecified atom stereocenters. The average Bonchev–Trinajstić information content (AvgIpc) is 2.79. The van der Waals surface area contributed by atoms with Gasteiger partial charge in [0.05, 0.1) is 16.3 Å². The summed E-state index contributed by atoms with van der Waals surface area (Å²) in [5.74, 6) is 0.0468. The van der Waals surface area contributed by atoms with Gasteiger partial charge < -0.3 is 4.90 Å². The third kappa shape index (κ3) is 4.68. The molecule has 1 aliphatic heterocycles. The van der Waals surface area contributed by atoms with Gasteiger partial charge in [0.2, 0.25) is 10.0 Å². The Bertz CT molecular complexity index is 648. The highest BCUT2D eigenvalue weighted by Crippen LogP contribution is 2.19. The van der Waals surface area contributed by atoms with Crippen LogP contribution in [0.3, 0.4) is 0 Å². The smallest absolute Gasteiger partial charge is 0.255 e. The molecule has 0 aliphatic carbocycles. The number of benzene rings is 1. The molecule has 1 aromatic carbocycles. The second kappa shape index (κ2) is 8.13. The average molecular weight is 359 g/mol. The molecular weight excluding hydrogens is 336 g/mol. The van der Waals surface area contributed by atoms with E-state index in [1.807, 2.05) is 6.92 Å². The number of carbonyl (C=O) groups is 1. The summed E-state index contributed by atoms with van der Waals surface area (Å²) < 4.78 is 26.1. The normalized spacial score (nSPS) is 17.0. The number of hydrogen-bond acceptors (Lipinski definition) is 3. The van der Waals surface area contributed by atoms with Gasteiger partial charge >= 0.3 is 0 Å². The van der Waals surface area contributed by atoms with Crippen LogP contribution in [0.5, 0.6) is 0 Å². The van der Waals surface area contributed by atoms with Gasteiger partial charge in [-0.3, -0.25) is 4.79 Å². The maximum Gasteiger partial charge on any atom is 0.255 e. The van der Waals surface area contributed by atoms with E-state index in [4.69, 9.17) is 11.6 Å². The quantitative estimate of drug-likeness (QED) is 0.813. The van der Waals surface area contributed by atoms with Crippen LogP contribution < -0.4 is 0 Å². The topological polar surface area (TPSA) is 57.7 Å². The van der Waals surface area contributed by atoms with Crippen LogP contribution in [0, 0.1) is 0 Å². The van der Waals surface area contributed by atoms with E-state index >= 15 is 0 Å². The van der Waals surface area contributed by atoms with Crippen molar-refractivity contribution in [3.63, 3.8) is 0 Å². The van der Waals surface area contributed by atoms with E-state index in [0.717, 1.165) is 6.42 Å². The molecule has 1 aliphatic rings. The number of sulfonamides is 1. The Morgan fingerprint density at radius 1 is 1.17 bits per heavy atom. The molecule has 2 rings (SSSR count). The van der Waals surface area contributed by atoms with Gasteiger partial charge in [-0.25, -0.2) is 12.7 Å². The number of halogens is 1. The highest BCUT2D eigenvalue weighted by molar-refractivity contribution is 7.89. The van der Waals surface area contributed by atoms with Crippen LogP contribution >= 0.6 is 11.6 Å². The van der Waals surface area contributed by atoms with Crippen LogP contribution in [0.25, 0.3) is 0 Å². The SMILES string of the molecule is CCCCS(=O)(=O)N1CCCN(C(=O)c2ccccc2Cl)CC1. The lowest BCUT2D eigenvalue weighted by molar-refractivity contribution is 0.0764. The zero-order valence-corrected chi connectivity index (χ0v) is 14.9. The number of amides is 1. The van der Waals surface area contributed by atoms with Gasteiger partial charge in [0.1, 0.15) is 0 Å². The molecule has 0 atom stereocenters. The third-order valence-corrected chi connectivity index (χ3v) is 6.28. The van der Waals surface area contributed by atoms with Crippen molar-refractivity contribution in [3.8, 4) is 0 Å². The minimum atomic E-state index is -3.22. The fraction of sp³-hybridized carbons (Fsp3) is 0.562. The molecule has 0 radical (unpaired) electrons. The summed E-state index contributed by atoms with van der Waals surface area (Å²) in [6.45, 7) is 3.74. The van der Waals surface area contributed by atoms with Crippen molar-refractivity contribution in [3.05, 3.63) is 34.9 Å². The molecule has 128 valence electrons. The van der Waals surface area contributed by atoms with E-state index in [-0.39, 0.29) is 11.7 Å². The summed E-state index contributed by atoms with van der Waals surface area (Å²) in [5.41, 5.74) is 0.469. The van der Waals surface area contributed by atoms with Crippen molar-refractivity contribution < 1.29 is 13.2 Å². The second-order valence-corrected chi connectivity index (χ2v) is 8.19. The molecule has 1 aromatic rings. The first-order valence-corrected chi connectivity index (χ1v) is 9.96. The van der Waals surface area contributed by atoms with Crippen LogP contribution in [0.2, 0.25) is 5.02 Å². The molecule has 0 spiro atoms. The molecule has 7 heteroatoms. The van der Waals surface area contributed by atoms with Crippen LogP contribution in [0.1, 0.15) is 36.5 Å². The molecule has 0 aromatic heterocycles. The van der Waals surface area contributed by atoms with Gasteiger partial charge in [-0.05, 0) is 25.0 Å². The third-order valence-electron chi connectivity index (χ3n) is 4.00. The fourth-order valence-corrected chi connectivity index (χ4v) is 4.53. The standard InChI is InChI=1S/C16H23ClN2O3S/c1-2-3-13-23(21,22)19-10-6-9-18(11-12-19)16(20)14-7-4-5-8-15(14)17/h4-5,7-8H,2-3,6,9-13H2,1H3. The summed E-state index contributed by atoms with van der Waals surface area (Å²) in [6, 6.07) is 6.95. The molecule has 1 saturated heterocycles. The lowest BCUT2D eigenvalue weighted by Gasteiger charge is -2.22. The summed E-state index contributed by atoms with van der Waals surface area (Å²) in [7, 11) is -3.22. The Hall–Kier alpha value is -1.11. The molecule has 1 heterocycles. The number of unbranched alkanes of at least 4 members (excludes halogenated alkanes) is 1. The van der Waals surface area contributed by atoms with E-state index in [1.165, 1.54) is 4.31 Å². The number of carbonyl (C=O) groups excluding carboxylic acids is 1. The molecule has 0 saturated carbocycles. The number of hydrogen-bond donors (Lipinski definition) is 0. The van der Waals surface area contributed by atoms with Gasteiger partial charge in [0.25, 0.3) is 5.91 Å². The van der Waals surface area contributed by atoms with Crippen LogP contribution in [0.4, 0.5) is 0 Å². The van der Waals surface area contributed by atoms with Crippen molar-refractivity contribution in [1.29, 1.82) is 0 Å². The largest absolute Gasteiger partial charge is 0.337 e. The summed E-state index contributed by atoms with van der Waals surface area (Å²) in [6.07, 6.45) is 2.16. The lowest BCUT2D eigenvalue weighted by Crippen LogP contribution is -2.38. The van der Waals surface area contributed by atoms with Crippen molar-refractivity contribution in [2.24, 2.45) is 0 Å². The zero-order valence-electron chi connectivity index (χ0n) is 13.4. The van der Waals surface area contributed by atoms with Crippen molar-refractivity contribution in [1.82, 2.24) is 9.21 Å². The molecular formula is C16H23ClN2O3S. The Labute approximate surface area is 143 Å². The molecule has 5 nitrogen and oxygen atoms in total. The minimum absolute atomic E-state index is 0.136. The number of nitrogens with zero attached hydrogens (tertiary/aromatic N) is 2. The molecule has 0 N–H and O–H groups in total. The first-order chi connectivity index (χ1) is 11.0. The summed E-state index contributed by atoms with van der Waals surface area (Å²) >= 11 is 6.08. The minimum Gasteiger partial charge on any atom is -0.337 e. The summed E-state index contributed by atoms with van der Waals surface area (Å²) in [4.78, 5) is 14.3. The zero-order chi connectivity index (χ0) is 16.9. The van der Waals surface area contributed by atoms with Gasteiger partial charge in [-0.15, -0.1) is 0 Å². The Kier molecular flexibility index (Phi) is 6.44. The van der Waals surface area contributed by atoms with E-state index in [2.05, 4.69) is 0 Å². The highest BCUT2D eigenvalue weighted by Gasteiger charge is 2.27. The molecule has 23 heavy (non-hydrogen) atoms. The van der Waals surface area contributed by atoms with Crippen molar-refractivity contribution in [2.75, 3.05) is 31.9 Å². The first kappa shape index (κ1) is 18.2. The molecule has 0 bridgehead atoms. The van der Waals surface area contributed by atoms with Crippen LogP contribution in [-0.2, 0) is 10.0 Å². The van der Waals surface area contributed by atoms with Crippen LogP contribution in [-0.4, -0.2) is 55.5 Å². The van der Waals surface area contributed by atoms with Crippen molar-refractivity contribution >= 4 is 27.5 Å². The second-order valence-electron chi connectivity index (χ2n) is 5.69. The Morgan fingerprint density at radius 2 is 1.91 bits per heavy atom. The Balaban J connectivity index is 2.04. The Morgan fingerprint density at radius 3 is 2.61 bits per heavy atom. The van der Waals surface area contributed by atoms with E-state index in [9.17, 15) is 13.2 Å². The fourth-order valence-electron chi connectivity index (χ4n) is 2.64. The van der Waals surface area contributed by atoms with Gasteiger partial charge in [-0.1, -0.05) is 37.1 Å². The van der Waals surface area contributed by atoms with Gasteiger partial charge in [0, 0.05) is 26.2 Å². The van der Waals surface area contributed by atoms with Crippen molar-refractivity contribution in [2.45, 2.75) is 26.2 Å². The van der Waals surface area contributed by atoms with Gasteiger partial charge in [0.15, 0.2) is 0 Å². The van der Waals surface area contributed by atoms with Gasteiger partial charge in [-0.2, -0.15) is 0 Å². The van der Waals surface area contributed by atoms with E-state index < -0.39 is 10.0 Å². The molecule has 1 fully saturated rings.